The van der Waals surface area contributed by atoms with Gasteiger partial charge in [0.2, 0.25) is 0 Å². The fraction of sp³-hybridized carbons (Fsp3) is 0.600. The van der Waals surface area contributed by atoms with E-state index in [1.54, 1.807) is 0 Å². The molecule has 2 nitrogen and oxygen atoms in total. The van der Waals surface area contributed by atoms with Crippen molar-refractivity contribution in [2.75, 3.05) is 0 Å². The van der Waals surface area contributed by atoms with E-state index >= 15 is 0 Å². The van der Waals surface area contributed by atoms with Crippen LogP contribution in [-0.2, 0) is 6.42 Å². The largest absolute Gasteiger partial charge is 0.323 e. The van der Waals surface area contributed by atoms with Crippen LogP contribution in [0.1, 0.15) is 42.9 Å². The predicted molar refractivity (Wildman–Crippen MR) is 68.7 cm³/mol. The lowest BCUT2D eigenvalue weighted by molar-refractivity contribution is 0.136. The summed E-state index contributed by atoms with van der Waals surface area (Å²) < 4.78 is 0. The minimum atomic E-state index is 0.267. The Hall–Kier alpha value is -0.860. The van der Waals surface area contributed by atoms with Crippen molar-refractivity contribution in [1.82, 2.24) is 5.32 Å². The highest BCUT2D eigenvalue weighted by atomic mass is 15.0. The summed E-state index contributed by atoms with van der Waals surface area (Å²) in [5.41, 5.74) is 9.85. The summed E-state index contributed by atoms with van der Waals surface area (Å²) in [4.78, 5) is 0. The standard InChI is InChI=1S/C15H20N2/c16-14-13-4-2-1-3-10(13)7-15(14)8-11-5-6-12(9-15)17-11/h1-4,11-12,14,17H,5-9,16H2/t11-,12+,14-,15+/m1/s1. The first-order chi connectivity index (χ1) is 8.27. The lowest BCUT2D eigenvalue weighted by Gasteiger charge is -2.41. The van der Waals surface area contributed by atoms with Crippen molar-refractivity contribution in [2.24, 2.45) is 11.1 Å². The molecule has 4 atom stereocenters. The van der Waals surface area contributed by atoms with Crippen LogP contribution in [0.2, 0.25) is 0 Å². The van der Waals surface area contributed by atoms with Crippen molar-refractivity contribution < 1.29 is 0 Å². The third-order valence-electron chi connectivity index (χ3n) is 5.23. The average Bonchev–Trinajstić information content (AvgIpc) is 2.80. The molecular weight excluding hydrogens is 208 g/mol. The molecule has 0 amide bonds. The van der Waals surface area contributed by atoms with Crippen molar-refractivity contribution in [2.45, 2.75) is 50.2 Å². The molecule has 0 saturated carbocycles. The summed E-state index contributed by atoms with van der Waals surface area (Å²) in [6.07, 6.45) is 6.47. The zero-order valence-corrected chi connectivity index (χ0v) is 10.2. The highest BCUT2D eigenvalue weighted by Crippen LogP contribution is 2.54. The maximum absolute atomic E-state index is 6.58. The van der Waals surface area contributed by atoms with E-state index in [1.807, 2.05) is 0 Å². The van der Waals surface area contributed by atoms with E-state index in [1.165, 1.54) is 43.2 Å². The van der Waals surface area contributed by atoms with Crippen molar-refractivity contribution in [3.05, 3.63) is 35.4 Å². The molecule has 4 rings (SSSR count). The Morgan fingerprint density at radius 3 is 2.53 bits per heavy atom. The molecule has 2 heterocycles. The molecule has 3 N–H and O–H groups in total. The van der Waals surface area contributed by atoms with Crippen LogP contribution in [0.4, 0.5) is 0 Å². The van der Waals surface area contributed by atoms with Crippen LogP contribution in [0.25, 0.3) is 0 Å². The third-order valence-corrected chi connectivity index (χ3v) is 5.23. The van der Waals surface area contributed by atoms with Crippen molar-refractivity contribution >= 4 is 0 Å². The predicted octanol–water partition coefficient (Wildman–Crippen LogP) is 2.14. The maximum Gasteiger partial charge on any atom is 0.0359 e. The molecule has 1 spiro atoms. The van der Waals surface area contributed by atoms with Gasteiger partial charge in [0.15, 0.2) is 0 Å². The lowest BCUT2D eigenvalue weighted by Crippen LogP contribution is -2.47. The molecular formula is C15H20N2. The van der Waals surface area contributed by atoms with Crippen LogP contribution in [0, 0.1) is 5.41 Å². The number of piperidine rings is 1. The van der Waals surface area contributed by atoms with Crippen LogP contribution in [0.5, 0.6) is 0 Å². The summed E-state index contributed by atoms with van der Waals surface area (Å²) in [7, 11) is 0. The van der Waals surface area contributed by atoms with Gasteiger partial charge in [0, 0.05) is 18.1 Å². The van der Waals surface area contributed by atoms with E-state index in [2.05, 4.69) is 29.6 Å². The van der Waals surface area contributed by atoms with Gasteiger partial charge in [0.1, 0.15) is 0 Å². The molecule has 0 unspecified atom stereocenters. The number of nitrogens with one attached hydrogen (secondary N) is 1. The smallest absolute Gasteiger partial charge is 0.0359 e. The Kier molecular flexibility index (Phi) is 1.98. The molecule has 2 saturated heterocycles. The molecule has 90 valence electrons. The lowest BCUT2D eigenvalue weighted by atomic mass is 9.71. The number of rotatable bonds is 0. The molecule has 0 aromatic heterocycles. The first-order valence-electron chi connectivity index (χ1n) is 6.86. The Morgan fingerprint density at radius 1 is 1.12 bits per heavy atom. The fourth-order valence-corrected chi connectivity index (χ4v) is 4.51. The molecule has 0 radical (unpaired) electrons. The van der Waals surface area contributed by atoms with Gasteiger partial charge in [-0.05, 0) is 48.6 Å². The highest BCUT2D eigenvalue weighted by molar-refractivity contribution is 5.38. The molecule has 2 fully saturated rings. The van der Waals surface area contributed by atoms with Gasteiger partial charge in [-0.15, -0.1) is 0 Å². The number of fused-ring (bicyclic) bond motifs is 3. The van der Waals surface area contributed by atoms with Crippen molar-refractivity contribution in [3.8, 4) is 0 Å². The zero-order valence-electron chi connectivity index (χ0n) is 10.2. The minimum absolute atomic E-state index is 0.267. The Balaban J connectivity index is 1.73. The third kappa shape index (κ3) is 1.34. The molecule has 3 aliphatic rings. The Labute approximate surface area is 103 Å². The molecule has 2 heteroatoms. The van der Waals surface area contributed by atoms with E-state index in [4.69, 9.17) is 5.73 Å². The fourth-order valence-electron chi connectivity index (χ4n) is 4.51. The van der Waals surface area contributed by atoms with Crippen LogP contribution in [-0.4, -0.2) is 12.1 Å². The Bertz CT molecular complexity index is 442. The summed E-state index contributed by atoms with van der Waals surface area (Å²) in [5, 5.41) is 3.73. The first kappa shape index (κ1) is 10.1. The van der Waals surface area contributed by atoms with Crippen molar-refractivity contribution in [1.29, 1.82) is 0 Å². The van der Waals surface area contributed by atoms with Crippen LogP contribution >= 0.6 is 0 Å². The zero-order chi connectivity index (χ0) is 11.5. The summed E-state index contributed by atoms with van der Waals surface area (Å²) in [5.74, 6) is 0. The van der Waals surface area contributed by atoms with Crippen LogP contribution in [0.3, 0.4) is 0 Å². The average molecular weight is 228 g/mol. The van der Waals surface area contributed by atoms with E-state index in [0.29, 0.717) is 5.41 Å². The van der Waals surface area contributed by atoms with Gasteiger partial charge >= 0.3 is 0 Å². The molecule has 1 aliphatic carbocycles. The van der Waals surface area contributed by atoms with Crippen molar-refractivity contribution in [3.63, 3.8) is 0 Å². The normalized spacial score (nSPS) is 43.0. The number of benzene rings is 1. The monoisotopic (exact) mass is 228 g/mol. The molecule has 2 aliphatic heterocycles. The minimum Gasteiger partial charge on any atom is -0.323 e. The second-order valence-corrected chi connectivity index (χ2v) is 6.26. The summed E-state index contributed by atoms with van der Waals surface area (Å²) in [6, 6.07) is 10.5. The SMILES string of the molecule is N[C@@H]1c2ccccc2C[C@@]12C[C@H]1CC[C@@H](C2)N1. The molecule has 1 aromatic carbocycles. The van der Waals surface area contributed by atoms with E-state index in [-0.39, 0.29) is 6.04 Å². The summed E-state index contributed by atoms with van der Waals surface area (Å²) in [6.45, 7) is 0. The molecule has 1 aromatic rings. The van der Waals surface area contributed by atoms with Gasteiger partial charge in [-0.25, -0.2) is 0 Å². The second kappa shape index (κ2) is 3.33. The van der Waals surface area contributed by atoms with Gasteiger partial charge in [-0.1, -0.05) is 24.3 Å². The molecule has 2 bridgehead atoms. The number of nitrogens with two attached hydrogens (primary N) is 1. The van der Waals surface area contributed by atoms with Crippen LogP contribution in [0.15, 0.2) is 24.3 Å². The van der Waals surface area contributed by atoms with E-state index < -0.39 is 0 Å². The topological polar surface area (TPSA) is 38.0 Å². The van der Waals surface area contributed by atoms with Gasteiger partial charge in [-0.3, -0.25) is 0 Å². The van der Waals surface area contributed by atoms with Gasteiger partial charge in [0.05, 0.1) is 0 Å². The highest BCUT2D eigenvalue weighted by Gasteiger charge is 2.50. The van der Waals surface area contributed by atoms with Gasteiger partial charge < -0.3 is 11.1 Å². The number of hydrogen-bond donors (Lipinski definition) is 2. The Morgan fingerprint density at radius 2 is 1.82 bits per heavy atom. The van der Waals surface area contributed by atoms with Gasteiger partial charge in [0.25, 0.3) is 0 Å². The molecule has 17 heavy (non-hydrogen) atoms. The van der Waals surface area contributed by atoms with Gasteiger partial charge in [-0.2, -0.15) is 0 Å². The van der Waals surface area contributed by atoms with Crippen LogP contribution < -0.4 is 11.1 Å². The summed E-state index contributed by atoms with van der Waals surface area (Å²) >= 11 is 0. The first-order valence-corrected chi connectivity index (χ1v) is 6.86. The number of hydrogen-bond acceptors (Lipinski definition) is 2. The van der Waals surface area contributed by atoms with E-state index in [9.17, 15) is 0 Å². The second-order valence-electron chi connectivity index (χ2n) is 6.26. The quantitative estimate of drug-likeness (QED) is 0.714. The van der Waals surface area contributed by atoms with E-state index in [0.717, 1.165) is 12.1 Å². The maximum atomic E-state index is 6.58.